The molecule has 9 N–H and O–H groups in total. The molecule has 29 heavy (non-hydrogen) atoms. The fourth-order valence-corrected chi connectivity index (χ4v) is 2.74. The lowest BCUT2D eigenvalue weighted by molar-refractivity contribution is -0.142. The zero-order chi connectivity index (χ0) is 22.6. The minimum Gasteiger partial charge on any atom is -0.480 e. The molecule has 4 unspecified atom stereocenters. The van der Waals surface area contributed by atoms with Crippen LogP contribution in [0.3, 0.4) is 0 Å². The quantitative estimate of drug-likeness (QED) is 0.122. The van der Waals surface area contributed by atoms with E-state index < -0.39 is 66.8 Å². The number of thioether (sulfide) groups is 1. The van der Waals surface area contributed by atoms with Crippen LogP contribution >= 0.6 is 24.4 Å². The van der Waals surface area contributed by atoms with Crippen molar-refractivity contribution < 1.29 is 34.2 Å². The van der Waals surface area contributed by atoms with Crippen molar-refractivity contribution in [2.45, 2.75) is 37.0 Å². The average Bonchev–Trinajstić information content (AvgIpc) is 2.65. The van der Waals surface area contributed by atoms with Crippen LogP contribution in [0.2, 0.25) is 0 Å². The van der Waals surface area contributed by atoms with E-state index in [9.17, 15) is 29.1 Å². The summed E-state index contributed by atoms with van der Waals surface area (Å²) in [5.41, 5.74) is 10.5. The molecule has 0 aromatic rings. The van der Waals surface area contributed by atoms with E-state index >= 15 is 0 Å². The number of amides is 4. The summed E-state index contributed by atoms with van der Waals surface area (Å²) >= 11 is 5.21. The Hall–Kier alpha value is -2.03. The monoisotopic (exact) mass is 453 g/mol. The van der Waals surface area contributed by atoms with Gasteiger partial charge in [-0.25, -0.2) is 4.79 Å². The second kappa shape index (κ2) is 14.0. The van der Waals surface area contributed by atoms with Gasteiger partial charge in [0.25, 0.3) is 0 Å². The van der Waals surface area contributed by atoms with E-state index in [0.29, 0.717) is 5.75 Å². The fourth-order valence-electron chi connectivity index (χ4n) is 2.02. The zero-order valence-corrected chi connectivity index (χ0v) is 17.5. The first kappa shape index (κ1) is 27.0. The van der Waals surface area contributed by atoms with Crippen LogP contribution in [-0.2, 0) is 24.0 Å². The number of carbonyl (C=O) groups is 5. The molecule has 0 rings (SSSR count). The van der Waals surface area contributed by atoms with Crippen LogP contribution in [0.1, 0.15) is 12.8 Å². The van der Waals surface area contributed by atoms with Gasteiger partial charge in [-0.15, -0.1) is 0 Å². The van der Waals surface area contributed by atoms with Gasteiger partial charge in [0.2, 0.25) is 23.6 Å². The lowest BCUT2D eigenvalue weighted by Gasteiger charge is -2.23. The van der Waals surface area contributed by atoms with Crippen molar-refractivity contribution in [1.82, 2.24) is 16.0 Å². The number of carboxylic acids is 1. The molecule has 0 aliphatic heterocycles. The van der Waals surface area contributed by atoms with Crippen LogP contribution in [0.25, 0.3) is 0 Å². The molecule has 0 bridgehead atoms. The topological polar surface area (TPSA) is 214 Å². The molecule has 0 aliphatic carbocycles. The SMILES string of the molecule is CSCCC(NC(=O)C(N)CC(N)=O)C(=O)NC(CO)C(=O)NC(CS)C(=O)O. The molecule has 0 fully saturated rings. The smallest absolute Gasteiger partial charge is 0.327 e. The van der Waals surface area contributed by atoms with E-state index in [0.717, 1.165) is 0 Å². The first-order chi connectivity index (χ1) is 13.6. The first-order valence-electron chi connectivity index (χ1n) is 8.45. The highest BCUT2D eigenvalue weighted by Gasteiger charge is 2.29. The average molecular weight is 454 g/mol. The molecular formula is C15H27N5O7S2. The van der Waals surface area contributed by atoms with Crippen LogP contribution in [0.15, 0.2) is 0 Å². The van der Waals surface area contributed by atoms with Gasteiger partial charge in [-0.05, 0) is 18.4 Å². The maximum Gasteiger partial charge on any atom is 0.327 e. The van der Waals surface area contributed by atoms with E-state index in [2.05, 4.69) is 28.6 Å². The Morgan fingerprint density at radius 3 is 1.97 bits per heavy atom. The molecule has 0 aromatic heterocycles. The normalized spacial score (nSPS) is 14.8. The maximum atomic E-state index is 12.5. The standard InChI is InChI=1S/C15H27N5O7S2/c1-29-3-2-8(18-12(23)7(16)4-11(17)22)13(24)19-9(5-21)14(25)20-10(6-28)15(26)27/h7-10,21,28H,2-6,16H2,1H3,(H2,17,22)(H,18,23)(H,19,24)(H,20,25)(H,26,27). The van der Waals surface area contributed by atoms with Gasteiger partial charge in [0, 0.05) is 5.75 Å². The van der Waals surface area contributed by atoms with E-state index in [1.165, 1.54) is 11.8 Å². The number of aliphatic carboxylic acids is 1. The highest BCUT2D eigenvalue weighted by Crippen LogP contribution is 2.03. The third-order valence-corrected chi connectivity index (χ3v) is 4.62. The number of aliphatic hydroxyl groups is 1. The van der Waals surface area contributed by atoms with Gasteiger partial charge in [0.05, 0.1) is 19.1 Å². The van der Waals surface area contributed by atoms with Gasteiger partial charge < -0.3 is 37.6 Å². The third-order valence-electron chi connectivity index (χ3n) is 3.61. The summed E-state index contributed by atoms with van der Waals surface area (Å²) < 4.78 is 0. The summed E-state index contributed by atoms with van der Waals surface area (Å²) in [5, 5.41) is 25.1. The van der Waals surface area contributed by atoms with Crippen molar-refractivity contribution in [3.63, 3.8) is 0 Å². The maximum absolute atomic E-state index is 12.5. The molecule has 166 valence electrons. The molecular weight excluding hydrogens is 426 g/mol. The highest BCUT2D eigenvalue weighted by atomic mass is 32.2. The van der Waals surface area contributed by atoms with E-state index in [-0.39, 0.29) is 12.2 Å². The van der Waals surface area contributed by atoms with Crippen molar-refractivity contribution in [3.8, 4) is 0 Å². The second-order valence-electron chi connectivity index (χ2n) is 5.95. The van der Waals surface area contributed by atoms with E-state index in [1.807, 2.05) is 0 Å². The number of hydrogen-bond acceptors (Lipinski definition) is 9. The summed E-state index contributed by atoms with van der Waals surface area (Å²) in [6.07, 6.45) is 1.55. The predicted octanol–water partition coefficient (Wildman–Crippen LogP) is -3.60. The number of carboxylic acid groups (broad SMARTS) is 1. The van der Waals surface area contributed by atoms with Gasteiger partial charge in [0.1, 0.15) is 18.1 Å². The minimum absolute atomic E-state index is 0.177. The molecule has 14 heteroatoms. The van der Waals surface area contributed by atoms with Crippen LogP contribution in [-0.4, -0.2) is 88.3 Å². The minimum atomic E-state index is -1.45. The molecule has 0 heterocycles. The van der Waals surface area contributed by atoms with Crippen LogP contribution in [0.4, 0.5) is 0 Å². The molecule has 0 aliphatic rings. The summed E-state index contributed by atoms with van der Waals surface area (Å²) in [6, 6.07) is -5.11. The second-order valence-corrected chi connectivity index (χ2v) is 7.30. The Bertz CT molecular complexity index is 608. The van der Waals surface area contributed by atoms with Gasteiger partial charge in [-0.3, -0.25) is 19.2 Å². The summed E-state index contributed by atoms with van der Waals surface area (Å²) in [4.78, 5) is 58.6. The number of carbonyl (C=O) groups excluding carboxylic acids is 4. The van der Waals surface area contributed by atoms with Gasteiger partial charge in [-0.2, -0.15) is 24.4 Å². The number of rotatable bonds is 14. The third kappa shape index (κ3) is 10.3. The summed E-state index contributed by atoms with van der Waals surface area (Å²) in [6.45, 7) is -0.805. The molecule has 0 aromatic carbocycles. The van der Waals surface area contributed by atoms with Gasteiger partial charge in [0.15, 0.2) is 0 Å². The Balaban J connectivity index is 5.12. The van der Waals surface area contributed by atoms with Crippen LogP contribution in [0, 0.1) is 0 Å². The summed E-state index contributed by atoms with van der Waals surface area (Å²) in [7, 11) is 0. The Morgan fingerprint density at radius 1 is 1.00 bits per heavy atom. The Labute approximate surface area is 177 Å². The van der Waals surface area contributed by atoms with Crippen molar-refractivity contribution >= 4 is 54.0 Å². The number of nitrogens with one attached hydrogen (secondary N) is 3. The van der Waals surface area contributed by atoms with E-state index in [4.69, 9.17) is 16.6 Å². The summed E-state index contributed by atoms with van der Waals surface area (Å²) in [5.74, 6) is -4.33. The number of thiol groups is 1. The largest absolute Gasteiger partial charge is 0.480 e. The molecule has 0 radical (unpaired) electrons. The van der Waals surface area contributed by atoms with Crippen LogP contribution in [0.5, 0.6) is 0 Å². The number of aliphatic hydroxyl groups excluding tert-OH is 1. The van der Waals surface area contributed by atoms with E-state index in [1.54, 1.807) is 6.26 Å². The van der Waals surface area contributed by atoms with Gasteiger partial charge >= 0.3 is 5.97 Å². The van der Waals surface area contributed by atoms with Crippen LogP contribution < -0.4 is 27.4 Å². The number of hydrogen-bond donors (Lipinski definition) is 8. The predicted molar refractivity (Wildman–Crippen MR) is 109 cm³/mol. The van der Waals surface area contributed by atoms with Crippen molar-refractivity contribution in [1.29, 1.82) is 0 Å². The first-order valence-corrected chi connectivity index (χ1v) is 10.5. The molecule has 4 atom stereocenters. The molecule has 4 amide bonds. The molecule has 0 spiro atoms. The van der Waals surface area contributed by atoms with Gasteiger partial charge in [-0.1, -0.05) is 0 Å². The fraction of sp³-hybridized carbons (Fsp3) is 0.667. The zero-order valence-electron chi connectivity index (χ0n) is 15.8. The Morgan fingerprint density at radius 2 is 1.52 bits per heavy atom. The van der Waals surface area contributed by atoms with Crippen molar-refractivity contribution in [2.24, 2.45) is 11.5 Å². The van der Waals surface area contributed by atoms with Crippen molar-refractivity contribution in [3.05, 3.63) is 0 Å². The Kier molecular flexibility index (Phi) is 13.0. The number of primary amides is 1. The highest BCUT2D eigenvalue weighted by molar-refractivity contribution is 7.98. The lowest BCUT2D eigenvalue weighted by Crippen LogP contribution is -2.58. The van der Waals surface area contributed by atoms with Crippen molar-refractivity contribution in [2.75, 3.05) is 24.4 Å². The lowest BCUT2D eigenvalue weighted by atomic mass is 10.1. The molecule has 0 saturated carbocycles. The molecule has 0 saturated heterocycles. The number of nitrogens with two attached hydrogens (primary N) is 2. The molecule has 12 nitrogen and oxygen atoms in total.